The first kappa shape index (κ1) is 20.0. The van der Waals surface area contributed by atoms with Crippen molar-refractivity contribution in [2.45, 2.75) is 11.1 Å². The van der Waals surface area contributed by atoms with Crippen LogP contribution in [0.1, 0.15) is 0 Å². The van der Waals surface area contributed by atoms with Crippen molar-refractivity contribution in [2.24, 2.45) is 0 Å². The number of piperazine rings is 2. The average Bonchev–Trinajstić information content (AvgIpc) is 2.69. The lowest BCUT2D eigenvalue weighted by Crippen LogP contribution is -2.73. The Kier molecular flexibility index (Phi) is 6.14. The molecule has 0 aliphatic carbocycles. The standard InChI is InChI=1S/C18H34N8O2/c27-15-7-23-17-9-19-1-2-20-10-18(12-22-4-3-21-11-17)14-26(16(28)8-24-18)6-5-25(15)13-17/h19-24H,1-14H2. The van der Waals surface area contributed by atoms with Gasteiger partial charge in [0.05, 0.1) is 24.2 Å². The fraction of sp³-hybridized carbons (Fsp3) is 0.889. The van der Waals surface area contributed by atoms with Crippen molar-refractivity contribution in [3.63, 3.8) is 0 Å². The fourth-order valence-electron chi connectivity index (χ4n) is 4.68. The van der Waals surface area contributed by atoms with Crippen molar-refractivity contribution in [3.05, 3.63) is 0 Å². The van der Waals surface area contributed by atoms with E-state index in [2.05, 4.69) is 31.9 Å². The van der Waals surface area contributed by atoms with E-state index in [-0.39, 0.29) is 22.9 Å². The zero-order chi connectivity index (χ0) is 19.5. The Morgan fingerprint density at radius 2 is 0.964 bits per heavy atom. The summed E-state index contributed by atoms with van der Waals surface area (Å²) in [6.45, 7) is 9.82. The van der Waals surface area contributed by atoms with Crippen LogP contribution in [-0.2, 0) is 9.59 Å². The molecule has 5 fully saturated rings. The molecule has 6 N–H and O–H groups in total. The minimum atomic E-state index is -0.195. The molecule has 28 heavy (non-hydrogen) atoms. The van der Waals surface area contributed by atoms with Gasteiger partial charge in [0.25, 0.3) is 0 Å². The lowest BCUT2D eigenvalue weighted by molar-refractivity contribution is -0.139. The van der Waals surface area contributed by atoms with Crippen molar-refractivity contribution < 1.29 is 9.59 Å². The van der Waals surface area contributed by atoms with Gasteiger partial charge in [-0.15, -0.1) is 0 Å². The predicted octanol–water partition coefficient (Wildman–Crippen LogP) is -4.29. The van der Waals surface area contributed by atoms with Crippen LogP contribution in [0.4, 0.5) is 0 Å². The first-order valence-corrected chi connectivity index (χ1v) is 10.5. The van der Waals surface area contributed by atoms with E-state index in [1.165, 1.54) is 0 Å². The summed E-state index contributed by atoms with van der Waals surface area (Å²) in [5.74, 6) is 0.235. The number of amides is 2. The molecule has 4 bridgehead atoms. The maximum absolute atomic E-state index is 12.5. The van der Waals surface area contributed by atoms with E-state index in [9.17, 15) is 9.59 Å². The summed E-state index contributed by atoms with van der Waals surface area (Å²) in [7, 11) is 0. The van der Waals surface area contributed by atoms with Crippen LogP contribution < -0.4 is 31.9 Å². The number of nitrogens with zero attached hydrogens (tertiary/aromatic N) is 2. The molecular weight excluding hydrogens is 360 g/mol. The summed E-state index contributed by atoms with van der Waals surface area (Å²) in [5, 5.41) is 21.2. The second-order valence-electron chi connectivity index (χ2n) is 8.61. The van der Waals surface area contributed by atoms with Crippen LogP contribution in [0.25, 0.3) is 0 Å². The van der Waals surface area contributed by atoms with E-state index in [0.717, 1.165) is 52.4 Å². The maximum Gasteiger partial charge on any atom is 0.236 e. The van der Waals surface area contributed by atoms with Gasteiger partial charge in [-0.05, 0) is 0 Å². The highest BCUT2D eigenvalue weighted by molar-refractivity contribution is 5.80. The Hall–Kier alpha value is -1.30. The predicted molar refractivity (Wildman–Crippen MR) is 106 cm³/mol. The largest absolute Gasteiger partial charge is 0.338 e. The molecule has 0 saturated carbocycles. The molecule has 0 aromatic carbocycles. The van der Waals surface area contributed by atoms with Gasteiger partial charge in [-0.1, -0.05) is 0 Å². The molecule has 158 valence electrons. The quantitative estimate of drug-likeness (QED) is 0.245. The molecule has 5 heterocycles. The van der Waals surface area contributed by atoms with Gasteiger partial charge < -0.3 is 31.1 Å². The zero-order valence-corrected chi connectivity index (χ0v) is 16.6. The third-order valence-electron chi connectivity index (χ3n) is 6.37. The summed E-state index contributed by atoms with van der Waals surface area (Å²) in [4.78, 5) is 28.9. The molecule has 2 spiro atoms. The second-order valence-corrected chi connectivity index (χ2v) is 8.61. The molecule has 5 saturated heterocycles. The van der Waals surface area contributed by atoms with E-state index < -0.39 is 0 Å². The van der Waals surface area contributed by atoms with Gasteiger partial charge in [0.2, 0.25) is 11.8 Å². The summed E-state index contributed by atoms with van der Waals surface area (Å²) in [6.07, 6.45) is 0. The van der Waals surface area contributed by atoms with Gasteiger partial charge in [-0.25, -0.2) is 0 Å². The number of fused-ring (bicyclic) bond motifs is 11. The first-order chi connectivity index (χ1) is 13.6. The van der Waals surface area contributed by atoms with E-state index in [4.69, 9.17) is 0 Å². The second kappa shape index (κ2) is 8.60. The van der Waals surface area contributed by atoms with Crippen molar-refractivity contribution in [2.75, 3.05) is 91.6 Å². The highest BCUT2D eigenvalue weighted by Gasteiger charge is 2.41. The molecule has 0 radical (unpaired) electrons. The maximum atomic E-state index is 12.5. The van der Waals surface area contributed by atoms with Gasteiger partial charge in [0.15, 0.2) is 0 Å². The highest BCUT2D eigenvalue weighted by Crippen LogP contribution is 2.16. The number of nitrogens with one attached hydrogen (secondary N) is 6. The minimum Gasteiger partial charge on any atom is -0.338 e. The van der Waals surface area contributed by atoms with Crippen LogP contribution in [0.3, 0.4) is 0 Å². The molecule has 5 aliphatic rings. The molecule has 5 aliphatic heterocycles. The normalized spacial score (nSPS) is 36.1. The Balaban J connectivity index is 1.61. The van der Waals surface area contributed by atoms with Crippen molar-refractivity contribution in [3.8, 4) is 0 Å². The minimum absolute atomic E-state index is 0.118. The molecule has 0 aromatic heterocycles. The van der Waals surface area contributed by atoms with Crippen LogP contribution in [0.15, 0.2) is 0 Å². The Morgan fingerprint density at radius 3 is 1.32 bits per heavy atom. The monoisotopic (exact) mass is 394 g/mol. The van der Waals surface area contributed by atoms with E-state index in [1.807, 2.05) is 9.80 Å². The fourth-order valence-corrected chi connectivity index (χ4v) is 4.68. The smallest absolute Gasteiger partial charge is 0.236 e. The number of hydrogen-bond donors (Lipinski definition) is 6. The SMILES string of the molecule is O=C1CNC23CNCCNCC4(CNCCNC2)CN(CCN1C3)C(=O)CN4. The van der Waals surface area contributed by atoms with Crippen molar-refractivity contribution in [1.29, 1.82) is 0 Å². The van der Waals surface area contributed by atoms with Crippen LogP contribution in [0, 0.1) is 0 Å². The Labute approximate surface area is 166 Å². The topological polar surface area (TPSA) is 113 Å². The van der Waals surface area contributed by atoms with Gasteiger partial charge >= 0.3 is 0 Å². The zero-order valence-electron chi connectivity index (χ0n) is 16.6. The number of hydrogen-bond acceptors (Lipinski definition) is 8. The van der Waals surface area contributed by atoms with E-state index in [1.54, 1.807) is 0 Å². The Bertz CT molecular complexity index is 520. The van der Waals surface area contributed by atoms with Gasteiger partial charge in [0, 0.05) is 78.5 Å². The van der Waals surface area contributed by atoms with E-state index >= 15 is 0 Å². The lowest BCUT2D eigenvalue weighted by atomic mass is 9.94. The number of carbonyl (C=O) groups excluding carboxylic acids is 2. The summed E-state index contributed by atoms with van der Waals surface area (Å²) >= 11 is 0. The molecule has 5 rings (SSSR count). The molecular formula is C18H34N8O2. The highest BCUT2D eigenvalue weighted by atomic mass is 16.2. The summed E-state index contributed by atoms with van der Waals surface area (Å²) < 4.78 is 0. The lowest BCUT2D eigenvalue weighted by Gasteiger charge is -2.47. The first-order valence-electron chi connectivity index (χ1n) is 10.5. The van der Waals surface area contributed by atoms with Crippen LogP contribution in [0.2, 0.25) is 0 Å². The third kappa shape index (κ3) is 4.47. The van der Waals surface area contributed by atoms with Crippen LogP contribution >= 0.6 is 0 Å². The van der Waals surface area contributed by atoms with Crippen molar-refractivity contribution >= 4 is 11.8 Å². The molecule has 0 unspecified atom stereocenters. The summed E-state index contributed by atoms with van der Waals surface area (Å²) in [6, 6.07) is 0. The van der Waals surface area contributed by atoms with Crippen LogP contribution in [-0.4, -0.2) is 124 Å². The molecule has 0 atom stereocenters. The number of rotatable bonds is 0. The van der Waals surface area contributed by atoms with Crippen molar-refractivity contribution in [1.82, 2.24) is 41.7 Å². The van der Waals surface area contributed by atoms with Gasteiger partial charge in [-0.2, -0.15) is 0 Å². The third-order valence-corrected chi connectivity index (χ3v) is 6.37. The molecule has 2 amide bonds. The number of carbonyl (C=O) groups is 2. The average molecular weight is 395 g/mol. The summed E-state index contributed by atoms with van der Waals surface area (Å²) in [5.41, 5.74) is -0.390. The molecule has 0 aromatic rings. The van der Waals surface area contributed by atoms with Gasteiger partial charge in [-0.3, -0.25) is 20.2 Å². The molecule has 10 heteroatoms. The van der Waals surface area contributed by atoms with Gasteiger partial charge in [0.1, 0.15) is 0 Å². The van der Waals surface area contributed by atoms with Crippen LogP contribution in [0.5, 0.6) is 0 Å². The Morgan fingerprint density at radius 1 is 0.607 bits per heavy atom. The molecule has 10 nitrogen and oxygen atoms in total. The van der Waals surface area contributed by atoms with E-state index in [0.29, 0.717) is 39.3 Å².